The monoisotopic (exact) mass is 456 g/mol. The average Bonchev–Trinajstić information content (AvgIpc) is 3.27. The van der Waals surface area contributed by atoms with Crippen LogP contribution in [0.2, 0.25) is 0 Å². The van der Waals surface area contributed by atoms with E-state index in [0.29, 0.717) is 37.8 Å². The van der Waals surface area contributed by atoms with Crippen LogP contribution in [0.4, 0.5) is 0 Å². The smallest absolute Gasteiger partial charge is 0.239 e. The number of carbonyl (C=O) groups is 2. The standard InChI is InChI=1S/C25H36N4O4/c1-4-32-21-10-8-9-20-17-29(18-22(30)26-12-6-5-7-16-33-24(20)21)23(31)11-14-28-15-13-27-25(28)19(2)3/h8-10,13,15,19H,4-7,11-12,14,16-18H2,1-3H3,(H,26,30). The second kappa shape index (κ2) is 12.3. The fourth-order valence-corrected chi connectivity index (χ4v) is 3.98. The maximum Gasteiger partial charge on any atom is 0.239 e. The number of rotatable bonds is 6. The van der Waals surface area contributed by atoms with Crippen LogP contribution in [-0.2, 0) is 22.7 Å². The van der Waals surface area contributed by atoms with Crippen molar-refractivity contribution in [1.82, 2.24) is 19.8 Å². The minimum absolute atomic E-state index is 0.0120. The zero-order valence-corrected chi connectivity index (χ0v) is 20.0. The van der Waals surface area contributed by atoms with E-state index in [1.54, 1.807) is 11.1 Å². The van der Waals surface area contributed by atoms with E-state index in [0.717, 1.165) is 30.7 Å². The first-order chi connectivity index (χ1) is 16.0. The summed E-state index contributed by atoms with van der Waals surface area (Å²) in [6.07, 6.45) is 6.66. The van der Waals surface area contributed by atoms with E-state index in [9.17, 15) is 9.59 Å². The van der Waals surface area contributed by atoms with Gasteiger partial charge in [-0.3, -0.25) is 9.59 Å². The summed E-state index contributed by atoms with van der Waals surface area (Å²) in [7, 11) is 0. The van der Waals surface area contributed by atoms with Crippen LogP contribution in [0, 0.1) is 0 Å². The Balaban J connectivity index is 1.82. The molecule has 1 aromatic carbocycles. The van der Waals surface area contributed by atoms with Crippen molar-refractivity contribution in [3.05, 3.63) is 42.0 Å². The first-order valence-electron chi connectivity index (χ1n) is 11.9. The quantitative estimate of drug-likeness (QED) is 0.719. The van der Waals surface area contributed by atoms with Gasteiger partial charge in [0.05, 0.1) is 26.3 Å². The molecule has 8 heteroatoms. The Bertz CT molecular complexity index is 925. The lowest BCUT2D eigenvalue weighted by Crippen LogP contribution is -2.41. The molecule has 0 spiro atoms. The molecule has 0 saturated heterocycles. The number of benzene rings is 1. The first-order valence-corrected chi connectivity index (χ1v) is 11.9. The van der Waals surface area contributed by atoms with Gasteiger partial charge in [-0.2, -0.15) is 0 Å². The summed E-state index contributed by atoms with van der Waals surface area (Å²) in [5.41, 5.74) is 0.840. The van der Waals surface area contributed by atoms with Crippen molar-refractivity contribution in [1.29, 1.82) is 0 Å². The number of amides is 2. The summed E-state index contributed by atoms with van der Waals surface area (Å²) < 4.78 is 13.9. The third-order valence-electron chi connectivity index (χ3n) is 5.63. The molecule has 0 radical (unpaired) electrons. The van der Waals surface area contributed by atoms with Crippen molar-refractivity contribution in [3.63, 3.8) is 0 Å². The molecule has 2 aromatic rings. The van der Waals surface area contributed by atoms with E-state index < -0.39 is 0 Å². The predicted octanol–water partition coefficient (Wildman–Crippen LogP) is 3.50. The Labute approximate surface area is 196 Å². The number of fused-ring (bicyclic) bond motifs is 1. The van der Waals surface area contributed by atoms with E-state index in [-0.39, 0.29) is 37.2 Å². The van der Waals surface area contributed by atoms with Crippen LogP contribution < -0.4 is 14.8 Å². The molecule has 180 valence electrons. The van der Waals surface area contributed by atoms with Gasteiger partial charge in [-0.15, -0.1) is 0 Å². The number of hydrogen-bond donors (Lipinski definition) is 1. The minimum Gasteiger partial charge on any atom is -0.490 e. The van der Waals surface area contributed by atoms with Crippen LogP contribution in [0.15, 0.2) is 30.6 Å². The lowest BCUT2D eigenvalue weighted by atomic mass is 10.1. The van der Waals surface area contributed by atoms with Crippen molar-refractivity contribution in [3.8, 4) is 11.5 Å². The molecule has 1 aliphatic rings. The highest BCUT2D eigenvalue weighted by Gasteiger charge is 2.22. The molecule has 0 atom stereocenters. The molecule has 0 unspecified atom stereocenters. The summed E-state index contributed by atoms with van der Waals surface area (Å²) in [6.45, 7) is 8.60. The molecule has 1 aliphatic heterocycles. The van der Waals surface area contributed by atoms with Crippen LogP contribution in [0.1, 0.15) is 63.8 Å². The number of para-hydroxylation sites is 1. The molecule has 8 nitrogen and oxygen atoms in total. The van der Waals surface area contributed by atoms with Gasteiger partial charge < -0.3 is 24.3 Å². The number of hydrogen-bond acceptors (Lipinski definition) is 5. The highest BCUT2D eigenvalue weighted by atomic mass is 16.5. The highest BCUT2D eigenvalue weighted by Crippen LogP contribution is 2.33. The largest absolute Gasteiger partial charge is 0.490 e. The molecule has 33 heavy (non-hydrogen) atoms. The van der Waals surface area contributed by atoms with Gasteiger partial charge in [0, 0.05) is 43.4 Å². The molecule has 0 aliphatic carbocycles. The van der Waals surface area contributed by atoms with Gasteiger partial charge in [-0.25, -0.2) is 4.98 Å². The van der Waals surface area contributed by atoms with E-state index in [1.165, 1.54) is 0 Å². The van der Waals surface area contributed by atoms with E-state index in [2.05, 4.69) is 24.1 Å². The van der Waals surface area contributed by atoms with Crippen LogP contribution in [-0.4, -0.2) is 52.6 Å². The fourth-order valence-electron chi connectivity index (χ4n) is 3.98. The van der Waals surface area contributed by atoms with Crippen molar-refractivity contribution in [2.45, 2.75) is 65.5 Å². The maximum absolute atomic E-state index is 13.3. The Morgan fingerprint density at radius 3 is 2.88 bits per heavy atom. The van der Waals surface area contributed by atoms with Gasteiger partial charge in [-0.05, 0) is 32.3 Å². The molecule has 3 rings (SSSR count). The maximum atomic E-state index is 13.3. The fraction of sp³-hybridized carbons (Fsp3) is 0.560. The van der Waals surface area contributed by atoms with Gasteiger partial charge in [0.15, 0.2) is 11.5 Å². The summed E-state index contributed by atoms with van der Waals surface area (Å²) in [5.74, 6) is 2.32. The first kappa shape index (κ1) is 24.6. The second-order valence-electron chi connectivity index (χ2n) is 8.57. The second-order valence-corrected chi connectivity index (χ2v) is 8.57. The lowest BCUT2D eigenvalue weighted by molar-refractivity contribution is -0.136. The number of aryl methyl sites for hydroxylation is 1. The number of aromatic nitrogens is 2. The SMILES string of the molecule is CCOc1cccc2c1OCCCCCNC(=O)CN(C(=O)CCn1ccnc1C(C)C)C2. The third kappa shape index (κ3) is 6.97. The third-order valence-corrected chi connectivity index (χ3v) is 5.63. The predicted molar refractivity (Wildman–Crippen MR) is 126 cm³/mol. The van der Waals surface area contributed by atoms with E-state index in [4.69, 9.17) is 9.47 Å². The van der Waals surface area contributed by atoms with Crippen molar-refractivity contribution in [2.24, 2.45) is 0 Å². The zero-order valence-electron chi connectivity index (χ0n) is 20.0. The molecule has 1 aromatic heterocycles. The number of carbonyl (C=O) groups excluding carboxylic acids is 2. The van der Waals surface area contributed by atoms with Crippen LogP contribution in [0.25, 0.3) is 0 Å². The molecule has 2 heterocycles. The van der Waals surface area contributed by atoms with Gasteiger partial charge in [0.25, 0.3) is 0 Å². The lowest BCUT2D eigenvalue weighted by Gasteiger charge is -2.24. The van der Waals surface area contributed by atoms with Crippen LogP contribution in [0.3, 0.4) is 0 Å². The molecule has 2 amide bonds. The average molecular weight is 457 g/mol. The van der Waals surface area contributed by atoms with Crippen molar-refractivity contribution in [2.75, 3.05) is 26.3 Å². The number of nitrogens with zero attached hydrogens (tertiary/aromatic N) is 3. The summed E-state index contributed by atoms with van der Waals surface area (Å²) >= 11 is 0. The van der Waals surface area contributed by atoms with Crippen molar-refractivity contribution < 1.29 is 19.1 Å². The topological polar surface area (TPSA) is 85.7 Å². The van der Waals surface area contributed by atoms with E-state index >= 15 is 0 Å². The van der Waals surface area contributed by atoms with Crippen LogP contribution in [0.5, 0.6) is 11.5 Å². The molecule has 0 bridgehead atoms. The molecular formula is C25H36N4O4. The zero-order chi connectivity index (χ0) is 23.6. The van der Waals surface area contributed by atoms with Gasteiger partial charge in [0.1, 0.15) is 5.82 Å². The molecule has 0 saturated carbocycles. The Kier molecular flexibility index (Phi) is 9.15. The number of ether oxygens (including phenoxy) is 2. The highest BCUT2D eigenvalue weighted by molar-refractivity contribution is 5.84. The van der Waals surface area contributed by atoms with Crippen LogP contribution >= 0.6 is 0 Å². The summed E-state index contributed by atoms with van der Waals surface area (Å²) in [6, 6.07) is 5.71. The number of nitrogens with one attached hydrogen (secondary N) is 1. The van der Waals surface area contributed by atoms with Gasteiger partial charge >= 0.3 is 0 Å². The summed E-state index contributed by atoms with van der Waals surface area (Å²) in [4.78, 5) is 31.9. The van der Waals surface area contributed by atoms with Gasteiger partial charge in [0.2, 0.25) is 11.8 Å². The minimum atomic E-state index is -0.142. The molecular weight excluding hydrogens is 420 g/mol. The Morgan fingerprint density at radius 2 is 2.09 bits per heavy atom. The number of imidazole rings is 1. The van der Waals surface area contributed by atoms with E-state index in [1.807, 2.05) is 35.9 Å². The molecule has 0 fully saturated rings. The van der Waals surface area contributed by atoms with Crippen molar-refractivity contribution >= 4 is 11.8 Å². The normalized spacial score (nSPS) is 15.5. The molecule has 1 N–H and O–H groups in total. The Hall–Kier alpha value is -3.03. The Morgan fingerprint density at radius 1 is 1.24 bits per heavy atom. The van der Waals surface area contributed by atoms with Gasteiger partial charge in [-0.1, -0.05) is 26.0 Å². The summed E-state index contributed by atoms with van der Waals surface area (Å²) in [5, 5.41) is 2.94.